The first kappa shape index (κ1) is 7.25. The van der Waals surface area contributed by atoms with Gasteiger partial charge >= 0.3 is 0 Å². The van der Waals surface area contributed by atoms with Gasteiger partial charge in [-0.1, -0.05) is 22.6 Å². The third-order valence-electron chi connectivity index (χ3n) is 1.59. The van der Waals surface area contributed by atoms with Gasteiger partial charge in [0.1, 0.15) is 0 Å². The molecule has 0 amide bonds. The standard InChI is InChI=1S/C7H9IO/c8-5-6-3-1-2-4-7(6)9/h5H,1-4H2/b6-5+. The number of hydrogen-bond acceptors (Lipinski definition) is 1. The van der Waals surface area contributed by atoms with E-state index in [9.17, 15) is 4.79 Å². The number of carbonyl (C=O) groups is 1. The Morgan fingerprint density at radius 3 is 2.44 bits per heavy atom. The fourth-order valence-electron chi connectivity index (χ4n) is 1.02. The van der Waals surface area contributed by atoms with Gasteiger partial charge in [0.25, 0.3) is 0 Å². The lowest BCUT2D eigenvalue weighted by Gasteiger charge is -2.10. The van der Waals surface area contributed by atoms with Crippen LogP contribution in [0.4, 0.5) is 0 Å². The Hall–Kier alpha value is 0.140. The predicted molar refractivity (Wildman–Crippen MR) is 45.6 cm³/mol. The summed E-state index contributed by atoms with van der Waals surface area (Å²) >= 11 is 2.14. The van der Waals surface area contributed by atoms with E-state index in [0.29, 0.717) is 5.78 Å². The fourth-order valence-corrected chi connectivity index (χ4v) is 1.68. The van der Waals surface area contributed by atoms with Gasteiger partial charge in [-0.15, -0.1) is 0 Å². The van der Waals surface area contributed by atoms with Gasteiger partial charge in [-0.05, 0) is 23.3 Å². The lowest BCUT2D eigenvalue weighted by Crippen LogP contribution is -2.07. The van der Waals surface area contributed by atoms with Crippen molar-refractivity contribution in [2.75, 3.05) is 0 Å². The summed E-state index contributed by atoms with van der Waals surface area (Å²) in [5.74, 6) is 0.357. The summed E-state index contributed by atoms with van der Waals surface area (Å²) in [5.41, 5.74) is 1.03. The van der Waals surface area contributed by atoms with Crippen LogP contribution in [0.15, 0.2) is 9.66 Å². The Kier molecular flexibility index (Phi) is 2.69. The summed E-state index contributed by atoms with van der Waals surface area (Å²) in [4.78, 5) is 11.0. The highest BCUT2D eigenvalue weighted by Gasteiger charge is 2.12. The van der Waals surface area contributed by atoms with Crippen molar-refractivity contribution < 1.29 is 4.79 Å². The van der Waals surface area contributed by atoms with E-state index >= 15 is 0 Å². The van der Waals surface area contributed by atoms with Crippen molar-refractivity contribution in [3.8, 4) is 0 Å². The van der Waals surface area contributed by atoms with Crippen LogP contribution in [0.1, 0.15) is 25.7 Å². The van der Waals surface area contributed by atoms with Gasteiger partial charge in [0, 0.05) is 12.0 Å². The molecule has 0 saturated heterocycles. The van der Waals surface area contributed by atoms with Crippen molar-refractivity contribution in [2.45, 2.75) is 25.7 Å². The molecule has 0 aromatic heterocycles. The zero-order valence-corrected chi connectivity index (χ0v) is 7.35. The quantitative estimate of drug-likeness (QED) is 0.466. The minimum absolute atomic E-state index is 0.357. The largest absolute Gasteiger partial charge is 0.295 e. The van der Waals surface area contributed by atoms with Crippen LogP contribution < -0.4 is 0 Å². The summed E-state index contributed by atoms with van der Waals surface area (Å²) in [5, 5.41) is 0. The first-order chi connectivity index (χ1) is 4.34. The topological polar surface area (TPSA) is 17.1 Å². The average molecular weight is 236 g/mol. The molecule has 0 unspecified atom stereocenters. The van der Waals surface area contributed by atoms with Crippen LogP contribution in [-0.4, -0.2) is 5.78 Å². The summed E-state index contributed by atoms with van der Waals surface area (Å²) in [7, 11) is 0. The number of Topliss-reactive ketones (excluding diaryl/α,β-unsaturated/α-hetero) is 1. The van der Waals surface area contributed by atoms with Crippen molar-refractivity contribution in [1.82, 2.24) is 0 Å². The third kappa shape index (κ3) is 1.78. The van der Waals surface area contributed by atoms with E-state index in [-0.39, 0.29) is 0 Å². The van der Waals surface area contributed by atoms with Crippen molar-refractivity contribution in [2.24, 2.45) is 0 Å². The van der Waals surface area contributed by atoms with E-state index in [1.165, 1.54) is 6.42 Å². The van der Waals surface area contributed by atoms with Crippen LogP contribution in [-0.2, 0) is 4.79 Å². The SMILES string of the molecule is O=C1CCCC/C1=C\I. The molecule has 1 rings (SSSR count). The van der Waals surface area contributed by atoms with Gasteiger partial charge < -0.3 is 0 Å². The molecule has 0 spiro atoms. The molecule has 0 radical (unpaired) electrons. The van der Waals surface area contributed by atoms with E-state index in [1.807, 2.05) is 4.08 Å². The maximum atomic E-state index is 11.0. The van der Waals surface area contributed by atoms with E-state index < -0.39 is 0 Å². The second kappa shape index (κ2) is 3.34. The molecule has 0 bridgehead atoms. The van der Waals surface area contributed by atoms with Crippen LogP contribution in [0.3, 0.4) is 0 Å². The molecule has 2 heteroatoms. The second-order valence-electron chi connectivity index (χ2n) is 2.26. The lowest BCUT2D eigenvalue weighted by atomic mass is 9.95. The minimum Gasteiger partial charge on any atom is -0.295 e. The Labute approximate surface area is 68.7 Å². The zero-order chi connectivity index (χ0) is 6.69. The first-order valence-corrected chi connectivity index (χ1v) is 4.41. The Morgan fingerprint density at radius 1 is 1.33 bits per heavy atom. The van der Waals surface area contributed by atoms with Gasteiger partial charge in [-0.2, -0.15) is 0 Å². The van der Waals surface area contributed by atoms with Crippen LogP contribution in [0.5, 0.6) is 0 Å². The lowest BCUT2D eigenvalue weighted by molar-refractivity contribution is -0.116. The highest BCUT2D eigenvalue weighted by Crippen LogP contribution is 2.20. The molecule has 0 aliphatic heterocycles. The third-order valence-corrected chi connectivity index (χ3v) is 2.34. The molecule has 0 atom stereocenters. The molecular weight excluding hydrogens is 227 g/mol. The van der Waals surface area contributed by atoms with Gasteiger partial charge in [0.2, 0.25) is 0 Å². The van der Waals surface area contributed by atoms with Crippen LogP contribution >= 0.6 is 22.6 Å². The van der Waals surface area contributed by atoms with Crippen molar-refractivity contribution >= 4 is 28.4 Å². The molecular formula is C7H9IO. The Balaban J connectivity index is 2.60. The number of hydrogen-bond donors (Lipinski definition) is 0. The molecule has 1 aliphatic rings. The molecule has 1 nitrogen and oxygen atoms in total. The summed E-state index contributed by atoms with van der Waals surface area (Å²) in [6, 6.07) is 0. The normalized spacial score (nSPS) is 25.0. The Bertz CT molecular complexity index is 149. The molecule has 1 fully saturated rings. The number of rotatable bonds is 0. The maximum Gasteiger partial charge on any atom is 0.159 e. The van der Waals surface area contributed by atoms with Crippen molar-refractivity contribution in [3.05, 3.63) is 9.66 Å². The van der Waals surface area contributed by atoms with Crippen LogP contribution in [0.2, 0.25) is 0 Å². The van der Waals surface area contributed by atoms with Crippen LogP contribution in [0.25, 0.3) is 0 Å². The zero-order valence-electron chi connectivity index (χ0n) is 5.19. The van der Waals surface area contributed by atoms with E-state index in [1.54, 1.807) is 0 Å². The average Bonchev–Trinajstić information content (AvgIpc) is 1.89. The highest BCUT2D eigenvalue weighted by atomic mass is 127. The van der Waals surface area contributed by atoms with Gasteiger partial charge in [-0.25, -0.2) is 0 Å². The van der Waals surface area contributed by atoms with E-state index in [2.05, 4.69) is 22.6 Å². The van der Waals surface area contributed by atoms with Gasteiger partial charge in [0.15, 0.2) is 5.78 Å². The Morgan fingerprint density at radius 2 is 2.00 bits per heavy atom. The monoisotopic (exact) mass is 236 g/mol. The molecule has 0 heterocycles. The molecule has 0 N–H and O–H groups in total. The van der Waals surface area contributed by atoms with E-state index in [4.69, 9.17) is 0 Å². The molecule has 0 aromatic rings. The highest BCUT2D eigenvalue weighted by molar-refractivity contribution is 14.1. The molecule has 1 aliphatic carbocycles. The second-order valence-corrected chi connectivity index (χ2v) is 2.89. The maximum absolute atomic E-state index is 11.0. The van der Waals surface area contributed by atoms with Crippen molar-refractivity contribution in [3.63, 3.8) is 0 Å². The minimum atomic E-state index is 0.357. The molecule has 1 saturated carbocycles. The van der Waals surface area contributed by atoms with Crippen LogP contribution in [0, 0.1) is 0 Å². The van der Waals surface area contributed by atoms with E-state index in [0.717, 1.165) is 24.8 Å². The molecule has 0 aromatic carbocycles. The van der Waals surface area contributed by atoms with Gasteiger partial charge in [0.05, 0.1) is 0 Å². The number of carbonyl (C=O) groups excluding carboxylic acids is 1. The number of ketones is 1. The molecule has 50 valence electrons. The number of halogens is 1. The summed E-state index contributed by atoms with van der Waals surface area (Å²) < 4.78 is 1.92. The smallest absolute Gasteiger partial charge is 0.159 e. The fraction of sp³-hybridized carbons (Fsp3) is 0.571. The summed E-state index contributed by atoms with van der Waals surface area (Å²) in [6.45, 7) is 0. The predicted octanol–water partition coefficient (Wildman–Crippen LogP) is 2.45. The number of allylic oxidation sites excluding steroid dienone is 1. The molecule has 9 heavy (non-hydrogen) atoms. The first-order valence-electron chi connectivity index (χ1n) is 3.17. The summed E-state index contributed by atoms with van der Waals surface area (Å²) in [6.07, 6.45) is 4.06. The van der Waals surface area contributed by atoms with Crippen molar-refractivity contribution in [1.29, 1.82) is 0 Å². The van der Waals surface area contributed by atoms with Gasteiger partial charge in [-0.3, -0.25) is 4.79 Å².